The molecule has 0 aliphatic heterocycles. The van der Waals surface area contributed by atoms with E-state index in [1.807, 2.05) is 36.4 Å². The Morgan fingerprint density at radius 3 is 2.65 bits per heavy atom. The summed E-state index contributed by atoms with van der Waals surface area (Å²) in [6.07, 6.45) is 1.55. The molecule has 3 N–H and O–H groups in total. The van der Waals surface area contributed by atoms with Gasteiger partial charge in [0.05, 0.1) is 6.20 Å². The summed E-state index contributed by atoms with van der Waals surface area (Å²) in [7, 11) is 0. The molecule has 7 nitrogen and oxygen atoms in total. The predicted octanol–water partition coefficient (Wildman–Crippen LogP) is 3.84. The number of nitrogens with one attached hydrogen (secondary N) is 3. The van der Waals surface area contributed by atoms with Crippen LogP contribution < -0.4 is 16.0 Å². The zero-order valence-corrected chi connectivity index (χ0v) is 14.8. The van der Waals surface area contributed by atoms with Gasteiger partial charge in [-0.05, 0) is 35.9 Å². The first-order chi connectivity index (χ1) is 12.6. The molecular weight excluding hydrogens is 352 g/mol. The fourth-order valence-corrected chi connectivity index (χ4v) is 2.37. The van der Waals surface area contributed by atoms with E-state index in [4.69, 9.17) is 11.6 Å². The van der Waals surface area contributed by atoms with E-state index in [1.54, 1.807) is 18.3 Å². The molecule has 1 heterocycles. The van der Waals surface area contributed by atoms with Crippen molar-refractivity contribution in [1.82, 2.24) is 15.2 Å². The van der Waals surface area contributed by atoms with Gasteiger partial charge in [0.2, 0.25) is 11.9 Å². The van der Waals surface area contributed by atoms with Gasteiger partial charge in [-0.3, -0.25) is 4.79 Å². The van der Waals surface area contributed by atoms with Crippen LogP contribution in [0.3, 0.4) is 0 Å². The van der Waals surface area contributed by atoms with E-state index >= 15 is 0 Å². The smallest absolute Gasteiger partial charge is 0.249 e. The van der Waals surface area contributed by atoms with Crippen molar-refractivity contribution in [2.24, 2.45) is 0 Å². The number of anilines is 4. The first kappa shape index (κ1) is 17.6. The lowest BCUT2D eigenvalue weighted by atomic mass is 10.2. The highest BCUT2D eigenvalue weighted by atomic mass is 35.5. The van der Waals surface area contributed by atoms with E-state index in [0.29, 0.717) is 29.0 Å². The summed E-state index contributed by atoms with van der Waals surface area (Å²) in [5.74, 6) is 0.815. The summed E-state index contributed by atoms with van der Waals surface area (Å²) in [4.78, 5) is 15.5. The van der Waals surface area contributed by atoms with Gasteiger partial charge in [0.15, 0.2) is 5.82 Å². The zero-order valence-electron chi connectivity index (χ0n) is 14.0. The number of hydrogen-bond donors (Lipinski definition) is 3. The van der Waals surface area contributed by atoms with Crippen molar-refractivity contribution in [2.45, 2.75) is 13.5 Å². The Morgan fingerprint density at radius 1 is 1.12 bits per heavy atom. The molecule has 0 unspecified atom stereocenters. The van der Waals surface area contributed by atoms with Gasteiger partial charge < -0.3 is 16.0 Å². The molecule has 1 aromatic heterocycles. The Balaban J connectivity index is 1.65. The average molecular weight is 369 g/mol. The van der Waals surface area contributed by atoms with E-state index in [1.165, 1.54) is 6.92 Å². The van der Waals surface area contributed by atoms with Gasteiger partial charge in [0, 0.05) is 29.9 Å². The molecular formula is C18H17ClN6O. The van der Waals surface area contributed by atoms with Crippen molar-refractivity contribution in [2.75, 3.05) is 16.0 Å². The molecule has 3 aromatic rings. The number of nitrogens with zero attached hydrogens (tertiary/aromatic N) is 3. The first-order valence-corrected chi connectivity index (χ1v) is 8.29. The highest BCUT2D eigenvalue weighted by molar-refractivity contribution is 6.30. The number of carbonyl (C=O) groups is 1. The zero-order chi connectivity index (χ0) is 18.4. The topological polar surface area (TPSA) is 91.8 Å². The first-order valence-electron chi connectivity index (χ1n) is 7.91. The Hall–Kier alpha value is -3.19. The molecule has 0 aliphatic carbocycles. The lowest BCUT2D eigenvalue weighted by Gasteiger charge is -2.09. The minimum atomic E-state index is -0.131. The van der Waals surface area contributed by atoms with E-state index in [0.717, 1.165) is 11.3 Å². The molecule has 132 valence electrons. The van der Waals surface area contributed by atoms with Crippen molar-refractivity contribution in [3.05, 3.63) is 65.3 Å². The normalized spacial score (nSPS) is 10.2. The van der Waals surface area contributed by atoms with Gasteiger partial charge in [-0.2, -0.15) is 10.1 Å². The van der Waals surface area contributed by atoms with Gasteiger partial charge in [0.25, 0.3) is 0 Å². The summed E-state index contributed by atoms with van der Waals surface area (Å²) in [5, 5.41) is 17.6. The maximum Gasteiger partial charge on any atom is 0.249 e. The van der Waals surface area contributed by atoms with E-state index in [-0.39, 0.29) is 5.91 Å². The summed E-state index contributed by atoms with van der Waals surface area (Å²) in [6.45, 7) is 2.05. The molecule has 26 heavy (non-hydrogen) atoms. The predicted molar refractivity (Wildman–Crippen MR) is 103 cm³/mol. The van der Waals surface area contributed by atoms with E-state index in [2.05, 4.69) is 31.1 Å². The van der Waals surface area contributed by atoms with Crippen molar-refractivity contribution < 1.29 is 4.79 Å². The van der Waals surface area contributed by atoms with Gasteiger partial charge >= 0.3 is 0 Å². The molecule has 8 heteroatoms. The molecule has 0 bridgehead atoms. The third-order valence-electron chi connectivity index (χ3n) is 3.38. The standard InChI is InChI=1S/C18H17ClN6O/c1-12(26)22-15-3-2-4-16(9-15)23-18-24-17(11-21-25-18)20-10-13-5-7-14(19)8-6-13/h2-9,11H,10H2,1H3,(H,22,26)(H2,20,23,24,25). The fraction of sp³-hybridized carbons (Fsp3) is 0.111. The number of hydrogen-bond acceptors (Lipinski definition) is 6. The van der Waals surface area contributed by atoms with E-state index < -0.39 is 0 Å². The highest BCUT2D eigenvalue weighted by Gasteiger charge is 2.03. The molecule has 0 saturated heterocycles. The minimum Gasteiger partial charge on any atom is -0.365 e. The van der Waals surface area contributed by atoms with Crippen molar-refractivity contribution in [3.63, 3.8) is 0 Å². The average Bonchev–Trinajstić information content (AvgIpc) is 2.61. The van der Waals surface area contributed by atoms with Crippen LogP contribution in [0, 0.1) is 0 Å². The quantitative estimate of drug-likeness (QED) is 0.612. The lowest BCUT2D eigenvalue weighted by Crippen LogP contribution is -2.07. The summed E-state index contributed by atoms with van der Waals surface area (Å²) in [6, 6.07) is 14.8. The van der Waals surface area contributed by atoms with Crippen LogP contribution >= 0.6 is 11.6 Å². The Labute approximate surface area is 155 Å². The minimum absolute atomic E-state index is 0.131. The molecule has 0 spiro atoms. The number of amides is 1. The molecule has 2 aromatic carbocycles. The van der Waals surface area contributed by atoms with Crippen molar-refractivity contribution in [3.8, 4) is 0 Å². The number of rotatable bonds is 6. The van der Waals surface area contributed by atoms with Crippen LogP contribution in [-0.4, -0.2) is 21.1 Å². The SMILES string of the molecule is CC(=O)Nc1cccc(Nc2nncc(NCc3ccc(Cl)cc3)n2)c1. The number of benzene rings is 2. The second kappa shape index (κ2) is 8.26. The van der Waals surface area contributed by atoms with Crippen LogP contribution in [-0.2, 0) is 11.3 Å². The fourth-order valence-electron chi connectivity index (χ4n) is 2.24. The maximum absolute atomic E-state index is 11.2. The second-order valence-corrected chi connectivity index (χ2v) is 5.97. The van der Waals surface area contributed by atoms with Gasteiger partial charge in [-0.15, -0.1) is 5.10 Å². The number of carbonyl (C=O) groups excluding carboxylic acids is 1. The second-order valence-electron chi connectivity index (χ2n) is 5.53. The van der Waals surface area contributed by atoms with Gasteiger partial charge in [0.1, 0.15) is 0 Å². The molecule has 0 atom stereocenters. The van der Waals surface area contributed by atoms with Crippen LogP contribution in [0.2, 0.25) is 5.02 Å². The summed E-state index contributed by atoms with van der Waals surface area (Å²) >= 11 is 5.88. The molecule has 0 radical (unpaired) electrons. The lowest BCUT2D eigenvalue weighted by molar-refractivity contribution is -0.114. The van der Waals surface area contributed by atoms with Crippen molar-refractivity contribution in [1.29, 1.82) is 0 Å². The third-order valence-corrected chi connectivity index (χ3v) is 3.64. The molecule has 0 saturated carbocycles. The van der Waals surface area contributed by atoms with Crippen LogP contribution in [0.1, 0.15) is 12.5 Å². The number of aromatic nitrogens is 3. The summed E-state index contributed by atoms with van der Waals surface area (Å²) < 4.78 is 0. The van der Waals surface area contributed by atoms with Gasteiger partial charge in [-0.1, -0.05) is 29.8 Å². The Kier molecular flexibility index (Phi) is 5.60. The highest BCUT2D eigenvalue weighted by Crippen LogP contribution is 2.18. The largest absolute Gasteiger partial charge is 0.365 e. The molecule has 0 aliphatic rings. The van der Waals surface area contributed by atoms with Crippen LogP contribution in [0.25, 0.3) is 0 Å². The van der Waals surface area contributed by atoms with Crippen LogP contribution in [0.4, 0.5) is 23.1 Å². The number of halogens is 1. The molecule has 0 fully saturated rings. The Morgan fingerprint density at radius 2 is 1.88 bits per heavy atom. The maximum atomic E-state index is 11.2. The third kappa shape index (κ3) is 5.15. The van der Waals surface area contributed by atoms with Crippen LogP contribution in [0.5, 0.6) is 0 Å². The Bertz CT molecular complexity index is 900. The van der Waals surface area contributed by atoms with Gasteiger partial charge in [-0.25, -0.2) is 0 Å². The van der Waals surface area contributed by atoms with E-state index in [9.17, 15) is 4.79 Å². The summed E-state index contributed by atoms with van der Waals surface area (Å²) in [5.41, 5.74) is 2.51. The molecule has 3 rings (SSSR count). The monoisotopic (exact) mass is 368 g/mol. The van der Waals surface area contributed by atoms with Crippen molar-refractivity contribution >= 4 is 40.6 Å². The molecule has 1 amide bonds. The van der Waals surface area contributed by atoms with Crippen LogP contribution in [0.15, 0.2) is 54.7 Å².